The lowest BCUT2D eigenvalue weighted by atomic mass is 10.4. The van der Waals surface area contributed by atoms with Gasteiger partial charge < -0.3 is 0 Å². The van der Waals surface area contributed by atoms with E-state index in [1.807, 2.05) is 22.6 Å². The SMILES string of the molecule is C=Cc1nc(Cl)nc(Cl)c1I. The number of hydrogen-bond acceptors (Lipinski definition) is 2. The minimum atomic E-state index is 0.144. The highest BCUT2D eigenvalue weighted by Gasteiger charge is 2.05. The summed E-state index contributed by atoms with van der Waals surface area (Å²) in [6.45, 7) is 3.56. The van der Waals surface area contributed by atoms with E-state index in [0.29, 0.717) is 10.8 Å². The van der Waals surface area contributed by atoms with Crippen molar-refractivity contribution in [3.8, 4) is 0 Å². The predicted molar refractivity (Wildman–Crippen MR) is 54.9 cm³/mol. The Kier molecular flexibility index (Phi) is 3.09. The van der Waals surface area contributed by atoms with Crippen LogP contribution in [-0.4, -0.2) is 9.97 Å². The number of aromatic nitrogens is 2. The fourth-order valence-corrected chi connectivity index (χ4v) is 1.40. The van der Waals surface area contributed by atoms with Crippen LogP contribution in [0.2, 0.25) is 10.4 Å². The van der Waals surface area contributed by atoms with Gasteiger partial charge >= 0.3 is 0 Å². The molecule has 0 atom stereocenters. The van der Waals surface area contributed by atoms with Crippen molar-refractivity contribution in [2.75, 3.05) is 0 Å². The summed E-state index contributed by atoms with van der Waals surface area (Å²) in [6, 6.07) is 0. The van der Waals surface area contributed by atoms with Crippen molar-refractivity contribution >= 4 is 51.9 Å². The zero-order chi connectivity index (χ0) is 8.43. The van der Waals surface area contributed by atoms with E-state index in [9.17, 15) is 0 Å². The second-order valence-electron chi connectivity index (χ2n) is 1.69. The Labute approximate surface area is 87.8 Å². The third-order valence-electron chi connectivity index (χ3n) is 1.00. The van der Waals surface area contributed by atoms with E-state index >= 15 is 0 Å². The molecule has 0 unspecified atom stereocenters. The zero-order valence-corrected chi connectivity index (χ0v) is 8.98. The van der Waals surface area contributed by atoms with Gasteiger partial charge in [-0.15, -0.1) is 0 Å². The maximum absolute atomic E-state index is 5.71. The first-order valence-corrected chi connectivity index (χ1v) is 4.49. The second-order valence-corrected chi connectivity index (χ2v) is 3.46. The van der Waals surface area contributed by atoms with Crippen LogP contribution in [0.1, 0.15) is 5.69 Å². The summed E-state index contributed by atoms with van der Waals surface area (Å²) < 4.78 is 0.767. The van der Waals surface area contributed by atoms with Gasteiger partial charge in [0.05, 0.1) is 9.26 Å². The molecule has 0 radical (unpaired) electrons. The average Bonchev–Trinajstić information content (AvgIpc) is 1.96. The second kappa shape index (κ2) is 3.69. The van der Waals surface area contributed by atoms with Crippen molar-refractivity contribution < 1.29 is 0 Å². The molecule has 1 heterocycles. The molecule has 0 N–H and O–H groups in total. The average molecular weight is 301 g/mol. The van der Waals surface area contributed by atoms with Gasteiger partial charge in [0.15, 0.2) is 0 Å². The Morgan fingerprint density at radius 1 is 1.36 bits per heavy atom. The third kappa shape index (κ3) is 2.04. The molecule has 1 rings (SSSR count). The third-order valence-corrected chi connectivity index (χ3v) is 2.83. The molecule has 11 heavy (non-hydrogen) atoms. The Hall–Kier alpha value is 0.130. The normalized spacial score (nSPS) is 9.73. The highest BCUT2D eigenvalue weighted by atomic mass is 127. The first-order chi connectivity index (χ1) is 5.15. The first-order valence-electron chi connectivity index (χ1n) is 2.66. The minimum Gasteiger partial charge on any atom is -0.217 e. The van der Waals surface area contributed by atoms with Gasteiger partial charge in [0.1, 0.15) is 5.15 Å². The molecule has 1 aromatic heterocycles. The summed E-state index contributed by atoms with van der Waals surface area (Å²) in [7, 11) is 0. The molecule has 0 saturated heterocycles. The number of hydrogen-bond donors (Lipinski definition) is 0. The van der Waals surface area contributed by atoms with Crippen LogP contribution < -0.4 is 0 Å². The lowest BCUT2D eigenvalue weighted by Crippen LogP contribution is -1.92. The standard InChI is InChI=1S/C6H3Cl2IN2/c1-2-3-4(9)5(7)11-6(8)10-3/h2H,1H2. The van der Waals surface area contributed by atoms with Crippen molar-refractivity contribution in [3.05, 3.63) is 26.3 Å². The lowest BCUT2D eigenvalue weighted by molar-refractivity contribution is 1.13. The van der Waals surface area contributed by atoms with Crippen molar-refractivity contribution in [2.24, 2.45) is 0 Å². The zero-order valence-electron chi connectivity index (χ0n) is 5.31. The summed E-state index contributed by atoms with van der Waals surface area (Å²) in [5.74, 6) is 0. The fraction of sp³-hybridized carbons (Fsp3) is 0. The number of rotatable bonds is 1. The van der Waals surface area contributed by atoms with Crippen LogP contribution in [0.3, 0.4) is 0 Å². The molecule has 0 aliphatic rings. The van der Waals surface area contributed by atoms with Gasteiger partial charge in [-0.05, 0) is 40.3 Å². The first kappa shape index (κ1) is 9.22. The van der Waals surface area contributed by atoms with Crippen LogP contribution in [-0.2, 0) is 0 Å². The Bertz CT molecular complexity index is 301. The summed E-state index contributed by atoms with van der Waals surface area (Å²) in [4.78, 5) is 7.64. The quantitative estimate of drug-likeness (QED) is 0.453. The van der Waals surface area contributed by atoms with Crippen molar-refractivity contribution in [2.45, 2.75) is 0 Å². The molecular formula is C6H3Cl2IN2. The molecule has 0 aliphatic carbocycles. The molecule has 0 fully saturated rings. The minimum absolute atomic E-state index is 0.144. The largest absolute Gasteiger partial charge is 0.224 e. The fourth-order valence-electron chi connectivity index (χ4n) is 0.544. The van der Waals surface area contributed by atoms with Gasteiger partial charge in [0.25, 0.3) is 0 Å². The highest BCUT2D eigenvalue weighted by Crippen LogP contribution is 2.21. The molecular weight excluding hydrogens is 298 g/mol. The van der Waals surface area contributed by atoms with E-state index in [1.54, 1.807) is 6.08 Å². The molecule has 0 saturated carbocycles. The van der Waals surface area contributed by atoms with Gasteiger partial charge in [0.2, 0.25) is 5.28 Å². The molecule has 58 valence electrons. The smallest absolute Gasteiger partial charge is 0.217 e. The van der Waals surface area contributed by atoms with Gasteiger partial charge in [0, 0.05) is 0 Å². The number of nitrogens with zero attached hydrogens (tertiary/aromatic N) is 2. The molecule has 0 bridgehead atoms. The Balaban J connectivity index is 3.35. The summed E-state index contributed by atoms with van der Waals surface area (Å²) in [5.41, 5.74) is 0.663. The Morgan fingerprint density at radius 2 is 2.00 bits per heavy atom. The van der Waals surface area contributed by atoms with Crippen molar-refractivity contribution in [1.82, 2.24) is 9.97 Å². The van der Waals surface area contributed by atoms with Crippen LogP contribution in [0.4, 0.5) is 0 Å². The van der Waals surface area contributed by atoms with E-state index in [1.165, 1.54) is 0 Å². The highest BCUT2D eigenvalue weighted by molar-refractivity contribution is 14.1. The van der Waals surface area contributed by atoms with Gasteiger partial charge in [-0.3, -0.25) is 0 Å². The number of halogens is 3. The van der Waals surface area contributed by atoms with E-state index in [-0.39, 0.29) is 5.28 Å². The molecule has 5 heteroatoms. The molecule has 0 aromatic carbocycles. The Morgan fingerprint density at radius 3 is 2.55 bits per heavy atom. The van der Waals surface area contributed by atoms with Crippen LogP contribution in [0.25, 0.3) is 6.08 Å². The predicted octanol–water partition coefficient (Wildman–Crippen LogP) is 3.03. The summed E-state index contributed by atoms with van der Waals surface area (Å²) in [5, 5.41) is 0.505. The molecule has 2 nitrogen and oxygen atoms in total. The van der Waals surface area contributed by atoms with Crippen LogP contribution >= 0.6 is 45.8 Å². The van der Waals surface area contributed by atoms with Crippen LogP contribution in [0.5, 0.6) is 0 Å². The van der Waals surface area contributed by atoms with E-state index in [2.05, 4.69) is 16.5 Å². The molecule has 0 spiro atoms. The summed E-state index contributed by atoms with van der Waals surface area (Å²) in [6.07, 6.45) is 1.58. The van der Waals surface area contributed by atoms with Crippen molar-refractivity contribution in [1.29, 1.82) is 0 Å². The van der Waals surface area contributed by atoms with Gasteiger partial charge in [-0.1, -0.05) is 18.2 Å². The summed E-state index contributed by atoms with van der Waals surface area (Å²) >= 11 is 13.3. The molecule has 1 aromatic rings. The van der Waals surface area contributed by atoms with E-state index in [0.717, 1.165) is 3.57 Å². The van der Waals surface area contributed by atoms with E-state index < -0.39 is 0 Å². The van der Waals surface area contributed by atoms with Crippen LogP contribution in [0, 0.1) is 3.57 Å². The van der Waals surface area contributed by atoms with Crippen molar-refractivity contribution in [3.63, 3.8) is 0 Å². The van der Waals surface area contributed by atoms with Gasteiger partial charge in [-0.25, -0.2) is 9.97 Å². The van der Waals surface area contributed by atoms with Crippen LogP contribution in [0.15, 0.2) is 6.58 Å². The maximum atomic E-state index is 5.71. The molecule has 0 amide bonds. The molecule has 0 aliphatic heterocycles. The van der Waals surface area contributed by atoms with Gasteiger partial charge in [-0.2, -0.15) is 0 Å². The topological polar surface area (TPSA) is 25.8 Å². The monoisotopic (exact) mass is 300 g/mol. The van der Waals surface area contributed by atoms with E-state index in [4.69, 9.17) is 23.2 Å². The lowest BCUT2D eigenvalue weighted by Gasteiger charge is -1.98. The maximum Gasteiger partial charge on any atom is 0.224 e.